The molecule has 8 nitrogen and oxygen atoms in total. The standard InChI is InChI=1S/C20H24N2O6/c1-4-26-14-7-9-16(27-5-2)15(11-14)22-20(24)13-6-8-17(18(10-13)25-3)28-12-19(21)23/h6-11H,4-5,12H2,1-3H3,(H2,21,23)(H,22,24). The van der Waals surface area contributed by atoms with Gasteiger partial charge in [0.1, 0.15) is 11.5 Å². The molecule has 28 heavy (non-hydrogen) atoms. The third-order valence-electron chi connectivity index (χ3n) is 3.61. The molecule has 0 aromatic heterocycles. The molecule has 2 aromatic carbocycles. The first-order chi connectivity index (χ1) is 13.5. The molecule has 0 unspecified atom stereocenters. The van der Waals surface area contributed by atoms with Gasteiger partial charge in [0.25, 0.3) is 11.8 Å². The number of methoxy groups -OCH3 is 1. The average molecular weight is 388 g/mol. The third-order valence-corrected chi connectivity index (χ3v) is 3.61. The van der Waals surface area contributed by atoms with Crippen LogP contribution >= 0.6 is 0 Å². The van der Waals surface area contributed by atoms with Crippen LogP contribution in [0.2, 0.25) is 0 Å². The molecule has 150 valence electrons. The molecule has 0 aliphatic carbocycles. The van der Waals surface area contributed by atoms with E-state index in [1.165, 1.54) is 19.2 Å². The Bertz CT molecular complexity index is 837. The molecule has 2 amide bonds. The summed E-state index contributed by atoms with van der Waals surface area (Å²) in [5, 5.41) is 2.82. The fourth-order valence-corrected chi connectivity index (χ4v) is 2.42. The van der Waals surface area contributed by atoms with Crippen LogP contribution in [0.1, 0.15) is 24.2 Å². The largest absolute Gasteiger partial charge is 0.494 e. The van der Waals surface area contributed by atoms with Gasteiger partial charge in [-0.05, 0) is 44.2 Å². The van der Waals surface area contributed by atoms with Crippen molar-refractivity contribution < 1.29 is 28.5 Å². The van der Waals surface area contributed by atoms with E-state index in [0.29, 0.717) is 47.5 Å². The van der Waals surface area contributed by atoms with Crippen LogP contribution in [-0.2, 0) is 4.79 Å². The molecule has 0 radical (unpaired) electrons. The van der Waals surface area contributed by atoms with Crippen molar-refractivity contribution in [2.45, 2.75) is 13.8 Å². The van der Waals surface area contributed by atoms with E-state index in [2.05, 4.69) is 5.32 Å². The molecule has 8 heteroatoms. The van der Waals surface area contributed by atoms with E-state index in [4.69, 9.17) is 24.7 Å². The highest BCUT2D eigenvalue weighted by Gasteiger charge is 2.15. The minimum absolute atomic E-state index is 0.288. The predicted octanol–water partition coefficient (Wildman–Crippen LogP) is 2.61. The van der Waals surface area contributed by atoms with Crippen LogP contribution < -0.4 is 30.0 Å². The summed E-state index contributed by atoms with van der Waals surface area (Å²) in [6, 6.07) is 9.83. The van der Waals surface area contributed by atoms with Crippen LogP contribution in [0.5, 0.6) is 23.0 Å². The van der Waals surface area contributed by atoms with Crippen LogP contribution in [-0.4, -0.2) is 38.7 Å². The smallest absolute Gasteiger partial charge is 0.255 e. The van der Waals surface area contributed by atoms with Crippen LogP contribution in [0.3, 0.4) is 0 Å². The number of hydrogen-bond acceptors (Lipinski definition) is 6. The molecule has 2 rings (SSSR count). The number of nitrogens with two attached hydrogens (primary N) is 1. The van der Waals surface area contributed by atoms with Gasteiger partial charge in [0.05, 0.1) is 26.0 Å². The molecule has 0 fully saturated rings. The maximum Gasteiger partial charge on any atom is 0.255 e. The summed E-state index contributed by atoms with van der Waals surface area (Å²) in [6.07, 6.45) is 0. The summed E-state index contributed by atoms with van der Waals surface area (Å²) in [6.45, 7) is 4.41. The number of carbonyl (C=O) groups excluding carboxylic acids is 2. The lowest BCUT2D eigenvalue weighted by Crippen LogP contribution is -2.20. The Morgan fingerprint density at radius 1 is 0.929 bits per heavy atom. The molecule has 0 aliphatic heterocycles. The Morgan fingerprint density at radius 3 is 2.29 bits per heavy atom. The Labute approximate surface area is 163 Å². The number of anilines is 1. The third kappa shape index (κ3) is 5.54. The zero-order valence-corrected chi connectivity index (χ0v) is 16.1. The quantitative estimate of drug-likeness (QED) is 0.648. The molecule has 2 aromatic rings. The van der Waals surface area contributed by atoms with Gasteiger partial charge in [-0.1, -0.05) is 0 Å². The number of primary amides is 1. The van der Waals surface area contributed by atoms with Crippen molar-refractivity contribution in [2.24, 2.45) is 5.73 Å². The van der Waals surface area contributed by atoms with Crippen LogP contribution in [0.25, 0.3) is 0 Å². The minimum Gasteiger partial charge on any atom is -0.494 e. The molecule has 0 saturated carbocycles. The van der Waals surface area contributed by atoms with Crippen LogP contribution in [0.15, 0.2) is 36.4 Å². The molecule has 3 N–H and O–H groups in total. The van der Waals surface area contributed by atoms with Crippen molar-refractivity contribution in [3.05, 3.63) is 42.0 Å². The second-order valence-electron chi connectivity index (χ2n) is 5.60. The first-order valence-electron chi connectivity index (χ1n) is 8.78. The highest BCUT2D eigenvalue weighted by atomic mass is 16.5. The molecule has 0 bridgehead atoms. The number of carbonyl (C=O) groups is 2. The number of benzene rings is 2. The van der Waals surface area contributed by atoms with Crippen molar-refractivity contribution in [1.29, 1.82) is 0 Å². The Kier molecular flexibility index (Phi) is 7.50. The van der Waals surface area contributed by atoms with E-state index >= 15 is 0 Å². The van der Waals surface area contributed by atoms with E-state index in [0.717, 1.165) is 0 Å². The van der Waals surface area contributed by atoms with Crippen molar-refractivity contribution >= 4 is 17.5 Å². The summed E-state index contributed by atoms with van der Waals surface area (Å²) in [4.78, 5) is 23.6. The monoisotopic (exact) mass is 388 g/mol. The van der Waals surface area contributed by atoms with Gasteiger partial charge < -0.3 is 30.0 Å². The van der Waals surface area contributed by atoms with Gasteiger partial charge in [0.15, 0.2) is 18.1 Å². The topological polar surface area (TPSA) is 109 Å². The summed E-state index contributed by atoms with van der Waals surface area (Å²) >= 11 is 0. The second-order valence-corrected chi connectivity index (χ2v) is 5.60. The maximum atomic E-state index is 12.7. The van der Waals surface area contributed by atoms with Gasteiger partial charge in [-0.25, -0.2) is 0 Å². The van der Waals surface area contributed by atoms with E-state index < -0.39 is 5.91 Å². The lowest BCUT2D eigenvalue weighted by molar-refractivity contribution is -0.119. The van der Waals surface area contributed by atoms with Gasteiger partial charge in [0, 0.05) is 11.6 Å². The normalized spacial score (nSPS) is 10.1. The molecule has 0 aliphatic rings. The minimum atomic E-state index is -0.610. The van der Waals surface area contributed by atoms with Crippen molar-refractivity contribution in [2.75, 3.05) is 32.2 Å². The van der Waals surface area contributed by atoms with Gasteiger partial charge in [0.2, 0.25) is 0 Å². The van der Waals surface area contributed by atoms with Gasteiger partial charge in [-0.15, -0.1) is 0 Å². The summed E-state index contributed by atoms with van der Waals surface area (Å²) in [7, 11) is 1.44. The number of ether oxygens (including phenoxy) is 4. The Hall–Kier alpha value is -3.42. The van der Waals surface area contributed by atoms with Crippen molar-refractivity contribution in [1.82, 2.24) is 0 Å². The summed E-state index contributed by atoms with van der Waals surface area (Å²) in [5.41, 5.74) is 5.91. The van der Waals surface area contributed by atoms with Crippen molar-refractivity contribution in [3.8, 4) is 23.0 Å². The fraction of sp³-hybridized carbons (Fsp3) is 0.300. The van der Waals surface area contributed by atoms with E-state index in [1.54, 1.807) is 24.3 Å². The SMILES string of the molecule is CCOc1ccc(OCC)c(NC(=O)c2ccc(OCC(N)=O)c(OC)c2)c1. The maximum absolute atomic E-state index is 12.7. The summed E-state index contributed by atoms with van der Waals surface area (Å²) in [5.74, 6) is 0.797. The average Bonchev–Trinajstić information content (AvgIpc) is 2.68. The van der Waals surface area contributed by atoms with E-state index in [-0.39, 0.29) is 12.5 Å². The highest BCUT2D eigenvalue weighted by Crippen LogP contribution is 2.31. The zero-order chi connectivity index (χ0) is 20.5. The fourth-order valence-electron chi connectivity index (χ4n) is 2.42. The van der Waals surface area contributed by atoms with Crippen molar-refractivity contribution in [3.63, 3.8) is 0 Å². The number of hydrogen-bond donors (Lipinski definition) is 2. The number of rotatable bonds is 10. The Morgan fingerprint density at radius 2 is 1.64 bits per heavy atom. The summed E-state index contributed by atoms with van der Waals surface area (Å²) < 4.78 is 21.5. The van der Waals surface area contributed by atoms with E-state index in [9.17, 15) is 9.59 Å². The first-order valence-corrected chi connectivity index (χ1v) is 8.78. The molecular weight excluding hydrogens is 364 g/mol. The molecular formula is C20H24N2O6. The predicted molar refractivity (Wildman–Crippen MR) is 104 cm³/mol. The second kappa shape index (κ2) is 10.1. The molecule has 0 spiro atoms. The molecule has 0 heterocycles. The van der Waals surface area contributed by atoms with E-state index in [1.807, 2.05) is 13.8 Å². The zero-order valence-electron chi connectivity index (χ0n) is 16.1. The first kappa shape index (κ1) is 20.9. The van der Waals surface area contributed by atoms with Gasteiger partial charge >= 0.3 is 0 Å². The highest BCUT2D eigenvalue weighted by molar-refractivity contribution is 6.05. The number of amides is 2. The molecule has 0 atom stereocenters. The van der Waals surface area contributed by atoms with Gasteiger partial charge in [-0.3, -0.25) is 9.59 Å². The van der Waals surface area contributed by atoms with Crippen LogP contribution in [0, 0.1) is 0 Å². The lowest BCUT2D eigenvalue weighted by Gasteiger charge is -2.14. The van der Waals surface area contributed by atoms with Gasteiger partial charge in [-0.2, -0.15) is 0 Å². The lowest BCUT2D eigenvalue weighted by atomic mass is 10.1. The molecule has 0 saturated heterocycles. The Balaban J connectivity index is 2.24. The van der Waals surface area contributed by atoms with Crippen LogP contribution in [0.4, 0.5) is 5.69 Å². The number of nitrogens with one attached hydrogen (secondary N) is 1.